The van der Waals surface area contributed by atoms with Crippen LogP contribution in [0, 0.1) is 0 Å². The molecule has 1 aromatic rings. The lowest BCUT2D eigenvalue weighted by molar-refractivity contribution is 0.335. The molecule has 0 aromatic heterocycles. The predicted molar refractivity (Wildman–Crippen MR) is 63.3 cm³/mol. The minimum absolute atomic E-state index is 0.00960. The maximum Gasteiger partial charge on any atom is 0.0676 e. The first-order valence-electron chi connectivity index (χ1n) is 4.93. The first-order valence-corrected chi connectivity index (χ1v) is 4.93. The van der Waals surface area contributed by atoms with E-state index in [9.17, 15) is 0 Å². The third-order valence-corrected chi connectivity index (χ3v) is 2.04. The van der Waals surface area contributed by atoms with Crippen LogP contribution in [0.15, 0.2) is 54.8 Å². The van der Waals surface area contributed by atoms with Crippen molar-refractivity contribution in [3.05, 3.63) is 60.3 Å². The molecule has 0 fully saturated rings. The van der Waals surface area contributed by atoms with Crippen LogP contribution in [0.2, 0.25) is 0 Å². The number of hydrogen-bond donors (Lipinski definition) is 1. The third-order valence-electron chi connectivity index (χ3n) is 2.04. The van der Waals surface area contributed by atoms with Gasteiger partial charge >= 0.3 is 0 Å². The molecule has 0 atom stereocenters. The Labute approximate surface area is 91.2 Å². The summed E-state index contributed by atoms with van der Waals surface area (Å²) in [5, 5.41) is 8.77. The standard InChI is InChI=1S/C13H17NO/c1-12(11-15)8-9-14(2)10-13-6-4-3-5-7-13/h3-9,15H,1,10-11H2,2H3/b9-8-. The first kappa shape index (κ1) is 11.5. The van der Waals surface area contributed by atoms with Gasteiger partial charge in [-0.3, -0.25) is 0 Å². The van der Waals surface area contributed by atoms with E-state index in [1.54, 1.807) is 0 Å². The normalized spacial score (nSPS) is 10.5. The Morgan fingerprint density at radius 1 is 1.40 bits per heavy atom. The van der Waals surface area contributed by atoms with E-state index < -0.39 is 0 Å². The van der Waals surface area contributed by atoms with E-state index in [1.807, 2.05) is 37.5 Å². The fourth-order valence-corrected chi connectivity index (χ4v) is 1.21. The highest BCUT2D eigenvalue weighted by Gasteiger charge is 1.93. The van der Waals surface area contributed by atoms with Crippen LogP contribution >= 0.6 is 0 Å². The van der Waals surface area contributed by atoms with Crippen molar-refractivity contribution in [3.8, 4) is 0 Å². The summed E-state index contributed by atoms with van der Waals surface area (Å²) in [6.07, 6.45) is 3.74. The average Bonchev–Trinajstić information content (AvgIpc) is 2.27. The van der Waals surface area contributed by atoms with Crippen LogP contribution < -0.4 is 0 Å². The molecule has 1 rings (SSSR count). The molecule has 0 saturated carbocycles. The van der Waals surface area contributed by atoms with E-state index in [-0.39, 0.29) is 6.61 Å². The predicted octanol–water partition coefficient (Wildman–Crippen LogP) is 2.18. The lowest BCUT2D eigenvalue weighted by Crippen LogP contribution is -2.09. The van der Waals surface area contributed by atoms with E-state index in [2.05, 4.69) is 23.6 Å². The smallest absolute Gasteiger partial charge is 0.0676 e. The first-order chi connectivity index (χ1) is 7.22. The van der Waals surface area contributed by atoms with Crippen molar-refractivity contribution < 1.29 is 5.11 Å². The van der Waals surface area contributed by atoms with Crippen molar-refractivity contribution in [1.82, 2.24) is 4.90 Å². The Balaban J connectivity index is 2.46. The molecule has 1 N–H and O–H groups in total. The fourth-order valence-electron chi connectivity index (χ4n) is 1.21. The lowest BCUT2D eigenvalue weighted by atomic mass is 10.2. The molecule has 2 heteroatoms. The van der Waals surface area contributed by atoms with E-state index in [0.29, 0.717) is 0 Å². The van der Waals surface area contributed by atoms with Crippen molar-refractivity contribution in [2.45, 2.75) is 6.54 Å². The van der Waals surface area contributed by atoms with Crippen molar-refractivity contribution in [3.63, 3.8) is 0 Å². The number of benzene rings is 1. The highest BCUT2D eigenvalue weighted by atomic mass is 16.3. The molecule has 0 saturated heterocycles. The minimum Gasteiger partial charge on any atom is -0.392 e. The Morgan fingerprint density at radius 2 is 2.07 bits per heavy atom. The van der Waals surface area contributed by atoms with Gasteiger partial charge < -0.3 is 10.0 Å². The van der Waals surface area contributed by atoms with E-state index in [1.165, 1.54) is 5.56 Å². The zero-order chi connectivity index (χ0) is 11.1. The molecular weight excluding hydrogens is 186 g/mol. The summed E-state index contributed by atoms with van der Waals surface area (Å²) in [5.41, 5.74) is 1.98. The summed E-state index contributed by atoms with van der Waals surface area (Å²) >= 11 is 0. The maximum absolute atomic E-state index is 8.77. The molecule has 0 amide bonds. The Bertz CT molecular complexity index is 330. The van der Waals surface area contributed by atoms with E-state index >= 15 is 0 Å². The average molecular weight is 203 g/mol. The van der Waals surface area contributed by atoms with Crippen LogP contribution in [0.1, 0.15) is 5.56 Å². The molecule has 2 nitrogen and oxygen atoms in total. The van der Waals surface area contributed by atoms with Gasteiger partial charge in [0.15, 0.2) is 0 Å². The van der Waals surface area contributed by atoms with Gasteiger partial charge in [0.25, 0.3) is 0 Å². The third kappa shape index (κ3) is 4.47. The van der Waals surface area contributed by atoms with Crippen molar-refractivity contribution in [2.24, 2.45) is 0 Å². The van der Waals surface area contributed by atoms with Crippen molar-refractivity contribution in [2.75, 3.05) is 13.7 Å². The van der Waals surface area contributed by atoms with Crippen LogP contribution in [0.25, 0.3) is 0 Å². The second-order valence-electron chi connectivity index (χ2n) is 3.53. The van der Waals surface area contributed by atoms with Gasteiger partial charge in [-0.2, -0.15) is 0 Å². The largest absolute Gasteiger partial charge is 0.392 e. The summed E-state index contributed by atoms with van der Waals surface area (Å²) in [6, 6.07) is 10.2. The Kier molecular flexibility index (Phi) is 4.64. The SMILES string of the molecule is C=C(/C=C\N(C)Cc1ccccc1)CO. The molecule has 0 bridgehead atoms. The molecule has 0 spiro atoms. The van der Waals surface area contributed by atoms with Gasteiger partial charge in [0.2, 0.25) is 0 Å². The molecule has 0 aliphatic rings. The zero-order valence-corrected chi connectivity index (χ0v) is 9.06. The molecule has 0 unspecified atom stereocenters. The summed E-state index contributed by atoms with van der Waals surface area (Å²) in [7, 11) is 1.99. The number of nitrogens with zero attached hydrogens (tertiary/aromatic N) is 1. The quantitative estimate of drug-likeness (QED) is 0.741. The van der Waals surface area contributed by atoms with E-state index in [4.69, 9.17) is 5.11 Å². The molecule has 80 valence electrons. The lowest BCUT2D eigenvalue weighted by Gasteiger charge is -2.13. The van der Waals surface area contributed by atoms with Gasteiger partial charge in [0.05, 0.1) is 6.61 Å². The fraction of sp³-hybridized carbons (Fsp3) is 0.231. The van der Waals surface area contributed by atoms with Gasteiger partial charge in [0, 0.05) is 13.6 Å². The van der Waals surface area contributed by atoms with Crippen molar-refractivity contribution in [1.29, 1.82) is 0 Å². The van der Waals surface area contributed by atoms with Gasteiger partial charge in [-0.1, -0.05) is 36.9 Å². The molecular formula is C13H17NO. The second-order valence-corrected chi connectivity index (χ2v) is 3.53. The summed E-state index contributed by atoms with van der Waals surface area (Å²) in [5.74, 6) is 0. The van der Waals surface area contributed by atoms with Gasteiger partial charge in [-0.05, 0) is 23.4 Å². The number of hydrogen-bond acceptors (Lipinski definition) is 2. The van der Waals surface area contributed by atoms with Crippen LogP contribution in [-0.4, -0.2) is 23.7 Å². The van der Waals surface area contributed by atoms with Crippen LogP contribution in [-0.2, 0) is 6.54 Å². The van der Waals surface area contributed by atoms with Crippen LogP contribution in [0.5, 0.6) is 0 Å². The van der Waals surface area contributed by atoms with Crippen molar-refractivity contribution >= 4 is 0 Å². The minimum atomic E-state index is 0.00960. The van der Waals surface area contributed by atoms with Crippen LogP contribution in [0.4, 0.5) is 0 Å². The van der Waals surface area contributed by atoms with E-state index in [0.717, 1.165) is 12.1 Å². The summed E-state index contributed by atoms with van der Waals surface area (Å²) < 4.78 is 0. The molecule has 0 radical (unpaired) electrons. The van der Waals surface area contributed by atoms with Gasteiger partial charge in [-0.15, -0.1) is 0 Å². The molecule has 0 aliphatic carbocycles. The second kappa shape index (κ2) is 6.04. The van der Waals surface area contributed by atoms with Gasteiger partial charge in [-0.25, -0.2) is 0 Å². The number of aliphatic hydroxyl groups excluding tert-OH is 1. The molecule has 0 heterocycles. The van der Waals surface area contributed by atoms with Gasteiger partial charge in [0.1, 0.15) is 0 Å². The highest BCUT2D eigenvalue weighted by molar-refractivity contribution is 5.17. The molecule has 0 aliphatic heterocycles. The molecule has 15 heavy (non-hydrogen) atoms. The Hall–Kier alpha value is -1.54. The monoisotopic (exact) mass is 203 g/mol. The molecule has 1 aromatic carbocycles. The summed E-state index contributed by atoms with van der Waals surface area (Å²) in [4.78, 5) is 2.05. The van der Waals surface area contributed by atoms with Crippen LogP contribution in [0.3, 0.4) is 0 Å². The number of aliphatic hydroxyl groups is 1. The number of rotatable bonds is 5. The highest BCUT2D eigenvalue weighted by Crippen LogP contribution is 2.03. The summed E-state index contributed by atoms with van der Waals surface area (Å²) in [6.45, 7) is 4.56. The Morgan fingerprint density at radius 3 is 2.67 bits per heavy atom. The maximum atomic E-state index is 8.77. The zero-order valence-electron chi connectivity index (χ0n) is 9.06. The topological polar surface area (TPSA) is 23.5 Å².